The number of nitro benzene ring substituents is 1. The minimum atomic E-state index is -0.562. The maximum Gasteiger partial charge on any atom is 0.343 e. The number of carbonyl (C=O) groups excluding carboxylic acids is 1. The average molecular weight is 686 g/mol. The van der Waals surface area contributed by atoms with Gasteiger partial charge in [-0.15, -0.1) is 0 Å². The third-order valence-corrected chi connectivity index (χ3v) is 8.15. The Hall–Kier alpha value is -4.04. The number of likely N-dealkylation sites (N-methyl/N-ethyl adjacent to an activating group) is 2. The average Bonchev–Trinajstić information content (AvgIpc) is 3.26. The molecule has 0 aliphatic carbocycles. The van der Waals surface area contributed by atoms with Gasteiger partial charge in [0, 0.05) is 50.4 Å². The van der Waals surface area contributed by atoms with Gasteiger partial charge in [0.25, 0.3) is 5.69 Å². The molecule has 1 aliphatic heterocycles. The lowest BCUT2D eigenvalue weighted by Crippen LogP contribution is -2.33. The molecule has 0 amide bonds. The van der Waals surface area contributed by atoms with Gasteiger partial charge in [-0.2, -0.15) is 4.98 Å². The van der Waals surface area contributed by atoms with E-state index >= 15 is 0 Å². The number of aromatic nitrogens is 3. The van der Waals surface area contributed by atoms with Crippen LogP contribution in [0.3, 0.4) is 0 Å². The summed E-state index contributed by atoms with van der Waals surface area (Å²) in [6.45, 7) is 15.5. The first-order chi connectivity index (χ1) is 21.3. The maximum atomic E-state index is 13.2. The third kappa shape index (κ3) is 7.44. The molecule has 0 saturated heterocycles. The summed E-state index contributed by atoms with van der Waals surface area (Å²) in [5.74, 6) is 0.265. The number of carbonyl (C=O) groups is 1. The molecule has 0 radical (unpaired) electrons. The van der Waals surface area contributed by atoms with Crippen molar-refractivity contribution in [3.63, 3.8) is 0 Å². The number of methoxy groups -OCH3 is 1. The molecule has 1 aromatic carbocycles. The summed E-state index contributed by atoms with van der Waals surface area (Å²) in [4.78, 5) is 44.9. The van der Waals surface area contributed by atoms with Crippen LogP contribution in [0.2, 0.25) is 0 Å². The first-order valence-corrected chi connectivity index (χ1v) is 15.7. The van der Waals surface area contributed by atoms with Crippen LogP contribution in [0.1, 0.15) is 57.6 Å². The number of pyridine rings is 1. The highest BCUT2D eigenvalue weighted by Crippen LogP contribution is 2.45. The summed E-state index contributed by atoms with van der Waals surface area (Å²) in [6, 6.07) is 6.82. The SMILES string of the molecule is CCN(CC)CCN(C)c1cc(OC)c(Nc2ncc(C(=O)OC(C)C)c(N3CC(C)(C)c4nc(Br)ccc43)n2)cc1[N+](=O)[O-]. The molecule has 0 saturated carbocycles. The summed E-state index contributed by atoms with van der Waals surface area (Å²) in [7, 11) is 3.32. The normalized spacial score (nSPS) is 13.6. The molecular weight excluding hydrogens is 644 g/mol. The van der Waals surface area contributed by atoms with Crippen LogP contribution in [0.15, 0.2) is 35.1 Å². The third-order valence-electron chi connectivity index (χ3n) is 7.71. The van der Waals surface area contributed by atoms with Crippen molar-refractivity contribution >= 4 is 56.4 Å². The molecule has 1 N–H and O–H groups in total. The molecule has 0 unspecified atom stereocenters. The highest BCUT2D eigenvalue weighted by atomic mass is 79.9. The summed E-state index contributed by atoms with van der Waals surface area (Å²) in [5, 5.41) is 15.3. The molecular formula is C31H41BrN8O5. The van der Waals surface area contributed by atoms with E-state index in [0.717, 1.165) is 31.0 Å². The van der Waals surface area contributed by atoms with Gasteiger partial charge in [-0.05, 0) is 55.0 Å². The Balaban J connectivity index is 1.76. The zero-order chi connectivity index (χ0) is 33.1. The van der Waals surface area contributed by atoms with Crippen LogP contribution in [0, 0.1) is 10.1 Å². The Bertz CT molecular complexity index is 1560. The molecule has 0 fully saturated rings. The molecule has 0 atom stereocenters. The van der Waals surface area contributed by atoms with E-state index in [9.17, 15) is 14.9 Å². The van der Waals surface area contributed by atoms with Crippen LogP contribution < -0.4 is 19.9 Å². The molecule has 0 bridgehead atoms. The van der Waals surface area contributed by atoms with Gasteiger partial charge >= 0.3 is 5.97 Å². The molecule has 14 heteroatoms. The van der Waals surface area contributed by atoms with Gasteiger partial charge < -0.3 is 29.5 Å². The second-order valence-electron chi connectivity index (χ2n) is 11.7. The molecule has 45 heavy (non-hydrogen) atoms. The second-order valence-corrected chi connectivity index (χ2v) is 12.5. The Morgan fingerprint density at radius 2 is 1.91 bits per heavy atom. The lowest BCUT2D eigenvalue weighted by molar-refractivity contribution is -0.384. The van der Waals surface area contributed by atoms with Gasteiger partial charge in [0.1, 0.15) is 21.6 Å². The summed E-state index contributed by atoms with van der Waals surface area (Å²) >= 11 is 3.47. The van der Waals surface area contributed by atoms with Gasteiger partial charge in [-0.1, -0.05) is 27.7 Å². The Morgan fingerprint density at radius 1 is 1.20 bits per heavy atom. The van der Waals surface area contributed by atoms with Gasteiger partial charge in [0.2, 0.25) is 5.95 Å². The van der Waals surface area contributed by atoms with E-state index < -0.39 is 10.9 Å². The number of fused-ring (bicyclic) bond motifs is 1. The first-order valence-electron chi connectivity index (χ1n) is 14.9. The van der Waals surface area contributed by atoms with E-state index in [1.54, 1.807) is 19.9 Å². The number of rotatable bonds is 13. The second kappa shape index (κ2) is 13.9. The zero-order valence-electron chi connectivity index (χ0n) is 27.0. The van der Waals surface area contributed by atoms with Crippen molar-refractivity contribution in [2.75, 3.05) is 62.0 Å². The quantitative estimate of drug-likeness (QED) is 0.0968. The van der Waals surface area contributed by atoms with Crippen LogP contribution in [-0.4, -0.2) is 83.7 Å². The van der Waals surface area contributed by atoms with Crippen LogP contribution in [0.4, 0.5) is 34.5 Å². The van der Waals surface area contributed by atoms with E-state index in [1.807, 2.05) is 29.0 Å². The predicted octanol–water partition coefficient (Wildman–Crippen LogP) is 6.07. The van der Waals surface area contributed by atoms with Crippen molar-refractivity contribution in [3.05, 3.63) is 56.4 Å². The number of nitro groups is 1. The Morgan fingerprint density at radius 3 is 2.53 bits per heavy atom. The molecule has 4 rings (SSSR count). The fourth-order valence-corrected chi connectivity index (χ4v) is 5.61. The van der Waals surface area contributed by atoms with Crippen molar-refractivity contribution in [1.82, 2.24) is 19.9 Å². The molecule has 0 spiro atoms. The summed E-state index contributed by atoms with van der Waals surface area (Å²) < 4.78 is 11.9. The van der Waals surface area contributed by atoms with Gasteiger partial charge in [0.05, 0.1) is 35.2 Å². The zero-order valence-corrected chi connectivity index (χ0v) is 28.6. The maximum absolute atomic E-state index is 13.2. The smallest absolute Gasteiger partial charge is 0.343 e. The molecule has 242 valence electrons. The standard InChI is InChI=1S/C31H41BrN8O5/c1-9-38(10-2)14-13-37(7)23-16-25(44-8)21(15-24(23)40(42)43)34-30-33-17-20(29(41)45-19(3)4)28(36-30)39-18-31(5,6)27-22(39)11-12-26(32)35-27/h11-12,15-17,19H,9-10,13-14,18H2,1-8H3,(H,33,34,36). The summed E-state index contributed by atoms with van der Waals surface area (Å²) in [5.41, 5.74) is 2.13. The number of benzene rings is 1. The molecule has 2 aromatic heterocycles. The lowest BCUT2D eigenvalue weighted by Gasteiger charge is -2.25. The molecule has 1 aliphatic rings. The number of anilines is 5. The number of hydrogen-bond donors (Lipinski definition) is 1. The van der Waals surface area contributed by atoms with Gasteiger partial charge in [0.15, 0.2) is 5.82 Å². The number of hydrogen-bond acceptors (Lipinski definition) is 12. The topological polar surface area (TPSA) is 139 Å². The summed E-state index contributed by atoms with van der Waals surface area (Å²) in [6.07, 6.45) is 1.06. The highest BCUT2D eigenvalue weighted by Gasteiger charge is 2.40. The van der Waals surface area contributed by atoms with Crippen LogP contribution >= 0.6 is 15.9 Å². The van der Waals surface area contributed by atoms with Crippen LogP contribution in [0.25, 0.3) is 0 Å². The van der Waals surface area contributed by atoms with Crippen LogP contribution in [0.5, 0.6) is 5.75 Å². The van der Waals surface area contributed by atoms with Crippen molar-refractivity contribution < 1.29 is 19.2 Å². The minimum Gasteiger partial charge on any atom is -0.494 e. The number of nitrogens with one attached hydrogen (secondary N) is 1. The molecule has 3 aromatic rings. The van der Waals surface area contributed by atoms with Crippen molar-refractivity contribution in [1.29, 1.82) is 0 Å². The number of halogens is 1. The van der Waals surface area contributed by atoms with Crippen molar-refractivity contribution in [2.45, 2.75) is 53.1 Å². The Kier molecular flexibility index (Phi) is 10.5. The van der Waals surface area contributed by atoms with Gasteiger partial charge in [-0.3, -0.25) is 10.1 Å². The minimum absolute atomic E-state index is 0.0930. The molecule has 13 nitrogen and oxygen atoms in total. The van der Waals surface area contributed by atoms with E-state index in [1.165, 1.54) is 19.4 Å². The number of ether oxygens (including phenoxy) is 2. The van der Waals surface area contributed by atoms with Crippen LogP contribution in [-0.2, 0) is 10.2 Å². The largest absolute Gasteiger partial charge is 0.494 e. The number of nitrogens with zero attached hydrogens (tertiary/aromatic N) is 7. The van der Waals surface area contributed by atoms with Gasteiger partial charge in [-0.25, -0.2) is 14.8 Å². The predicted molar refractivity (Wildman–Crippen MR) is 179 cm³/mol. The highest BCUT2D eigenvalue weighted by molar-refractivity contribution is 9.10. The van der Waals surface area contributed by atoms with Crippen molar-refractivity contribution in [2.24, 2.45) is 0 Å². The monoisotopic (exact) mass is 684 g/mol. The van der Waals surface area contributed by atoms with E-state index in [4.69, 9.17) is 19.4 Å². The van der Waals surface area contributed by atoms with E-state index in [-0.39, 0.29) is 28.7 Å². The Labute approximate surface area is 272 Å². The lowest BCUT2D eigenvalue weighted by atomic mass is 9.91. The van der Waals surface area contributed by atoms with E-state index in [2.05, 4.69) is 58.8 Å². The first kappa shape index (κ1) is 33.8. The van der Waals surface area contributed by atoms with Crippen molar-refractivity contribution in [3.8, 4) is 5.75 Å². The number of esters is 1. The van der Waals surface area contributed by atoms with E-state index in [0.29, 0.717) is 40.6 Å². The fraction of sp³-hybridized carbons (Fsp3) is 0.484. The fourth-order valence-electron chi connectivity index (χ4n) is 5.30. The molecule has 3 heterocycles.